The molecule has 0 saturated carbocycles. The summed E-state index contributed by atoms with van der Waals surface area (Å²) >= 11 is 5.98. The number of methoxy groups -OCH3 is 1. The number of aliphatic hydroxyl groups excluding tert-OH is 1. The van der Waals surface area contributed by atoms with E-state index in [1.54, 1.807) is 31.4 Å². The molecule has 0 unspecified atom stereocenters. The molecule has 0 amide bonds. The van der Waals surface area contributed by atoms with E-state index < -0.39 is 5.82 Å². The first kappa shape index (κ1) is 14.6. The lowest BCUT2D eigenvalue weighted by Crippen LogP contribution is -2.02. The standard InChI is InChI=1S/C15H14ClFO3/c1-19-12-2-4-13(5-3-12)20-9-14-10(8-18)6-11(17)7-15(14)16/h2-7,18H,8-9H2,1H3. The largest absolute Gasteiger partial charge is 0.497 e. The van der Waals surface area contributed by atoms with Crippen LogP contribution in [-0.4, -0.2) is 12.2 Å². The highest BCUT2D eigenvalue weighted by Gasteiger charge is 2.10. The number of hydrogen-bond donors (Lipinski definition) is 1. The third kappa shape index (κ3) is 3.40. The first-order valence-corrected chi connectivity index (χ1v) is 6.36. The van der Waals surface area contributed by atoms with Crippen molar-refractivity contribution in [2.45, 2.75) is 13.2 Å². The van der Waals surface area contributed by atoms with Gasteiger partial charge in [0, 0.05) is 5.56 Å². The van der Waals surface area contributed by atoms with Crippen molar-refractivity contribution in [3.05, 3.63) is 58.4 Å². The molecule has 2 aromatic carbocycles. The van der Waals surface area contributed by atoms with E-state index in [1.807, 2.05) is 0 Å². The molecule has 106 valence electrons. The first-order chi connectivity index (χ1) is 9.63. The van der Waals surface area contributed by atoms with Crippen LogP contribution < -0.4 is 9.47 Å². The maximum atomic E-state index is 13.2. The van der Waals surface area contributed by atoms with Gasteiger partial charge in [-0.3, -0.25) is 0 Å². The minimum Gasteiger partial charge on any atom is -0.497 e. The molecule has 0 saturated heterocycles. The van der Waals surface area contributed by atoms with E-state index in [0.717, 1.165) is 5.75 Å². The van der Waals surface area contributed by atoms with Crippen LogP contribution in [0.3, 0.4) is 0 Å². The quantitative estimate of drug-likeness (QED) is 0.917. The second-order valence-electron chi connectivity index (χ2n) is 4.15. The fraction of sp³-hybridized carbons (Fsp3) is 0.200. The van der Waals surface area contributed by atoms with Crippen molar-refractivity contribution in [2.24, 2.45) is 0 Å². The van der Waals surface area contributed by atoms with Gasteiger partial charge in [0.25, 0.3) is 0 Å². The maximum absolute atomic E-state index is 13.2. The van der Waals surface area contributed by atoms with Gasteiger partial charge in [0.05, 0.1) is 18.7 Å². The summed E-state index contributed by atoms with van der Waals surface area (Å²) in [5.74, 6) is 0.885. The number of benzene rings is 2. The average molecular weight is 297 g/mol. The van der Waals surface area contributed by atoms with Crippen molar-refractivity contribution in [1.29, 1.82) is 0 Å². The molecule has 0 fully saturated rings. The highest BCUT2D eigenvalue weighted by molar-refractivity contribution is 6.31. The molecule has 0 aromatic heterocycles. The van der Waals surface area contributed by atoms with Crippen molar-refractivity contribution < 1.29 is 19.0 Å². The Morgan fingerprint density at radius 3 is 2.40 bits per heavy atom. The predicted molar refractivity (Wildman–Crippen MR) is 74.7 cm³/mol. The van der Waals surface area contributed by atoms with Gasteiger partial charge in [-0.05, 0) is 42.0 Å². The normalized spacial score (nSPS) is 10.4. The molecule has 20 heavy (non-hydrogen) atoms. The predicted octanol–water partition coefficient (Wildman–Crippen LogP) is 3.56. The average Bonchev–Trinajstić information content (AvgIpc) is 2.46. The second-order valence-corrected chi connectivity index (χ2v) is 4.55. The SMILES string of the molecule is COc1ccc(OCc2c(Cl)cc(F)cc2CO)cc1. The van der Waals surface area contributed by atoms with Crippen molar-refractivity contribution in [3.63, 3.8) is 0 Å². The van der Waals surface area contributed by atoms with Gasteiger partial charge in [0.2, 0.25) is 0 Å². The van der Waals surface area contributed by atoms with Crippen molar-refractivity contribution in [1.82, 2.24) is 0 Å². The van der Waals surface area contributed by atoms with E-state index in [0.29, 0.717) is 16.9 Å². The van der Waals surface area contributed by atoms with Crippen LogP contribution in [0.15, 0.2) is 36.4 Å². The Morgan fingerprint density at radius 1 is 1.15 bits per heavy atom. The third-order valence-electron chi connectivity index (χ3n) is 2.87. The molecule has 0 bridgehead atoms. The molecule has 0 aliphatic rings. The molecule has 0 aliphatic heterocycles. The van der Waals surface area contributed by atoms with Gasteiger partial charge in [0.1, 0.15) is 23.9 Å². The van der Waals surface area contributed by atoms with E-state index in [-0.39, 0.29) is 18.2 Å². The summed E-state index contributed by atoms with van der Waals surface area (Å²) in [6, 6.07) is 9.51. The molecule has 0 radical (unpaired) electrons. The van der Waals surface area contributed by atoms with Crippen LogP contribution in [0.5, 0.6) is 11.5 Å². The smallest absolute Gasteiger partial charge is 0.125 e. The molecule has 2 aromatic rings. The monoisotopic (exact) mass is 296 g/mol. The van der Waals surface area contributed by atoms with Gasteiger partial charge in [-0.1, -0.05) is 11.6 Å². The molecule has 1 N–H and O–H groups in total. The summed E-state index contributed by atoms with van der Waals surface area (Å²) in [6.45, 7) is -0.139. The molecule has 0 heterocycles. The van der Waals surface area contributed by atoms with Crippen LogP contribution in [0, 0.1) is 5.82 Å². The van der Waals surface area contributed by atoms with Crippen LogP contribution >= 0.6 is 11.6 Å². The topological polar surface area (TPSA) is 38.7 Å². The summed E-state index contributed by atoms with van der Waals surface area (Å²) in [5, 5.41) is 9.47. The lowest BCUT2D eigenvalue weighted by Gasteiger charge is -2.12. The summed E-state index contributed by atoms with van der Waals surface area (Å²) in [6.07, 6.45) is 0. The van der Waals surface area contributed by atoms with Crippen molar-refractivity contribution in [2.75, 3.05) is 7.11 Å². The molecule has 0 atom stereocenters. The number of hydrogen-bond acceptors (Lipinski definition) is 3. The summed E-state index contributed by atoms with van der Waals surface area (Å²) in [5.41, 5.74) is 0.995. The third-order valence-corrected chi connectivity index (χ3v) is 3.20. The Bertz CT molecular complexity index is 584. The van der Waals surface area contributed by atoms with Gasteiger partial charge < -0.3 is 14.6 Å². The Kier molecular flexibility index (Phi) is 4.82. The second kappa shape index (κ2) is 6.59. The van der Waals surface area contributed by atoms with Crippen LogP contribution in [0.2, 0.25) is 5.02 Å². The Morgan fingerprint density at radius 2 is 1.80 bits per heavy atom. The van der Waals surface area contributed by atoms with E-state index in [2.05, 4.69) is 0 Å². The highest BCUT2D eigenvalue weighted by Crippen LogP contribution is 2.25. The molecule has 3 nitrogen and oxygen atoms in total. The van der Waals surface area contributed by atoms with Gasteiger partial charge >= 0.3 is 0 Å². The maximum Gasteiger partial charge on any atom is 0.125 e. The minimum atomic E-state index is -0.479. The summed E-state index contributed by atoms with van der Waals surface area (Å²) < 4.78 is 23.8. The van der Waals surface area contributed by atoms with Crippen LogP contribution in [-0.2, 0) is 13.2 Å². The van der Waals surface area contributed by atoms with Gasteiger partial charge in [-0.15, -0.1) is 0 Å². The zero-order valence-corrected chi connectivity index (χ0v) is 11.7. The zero-order valence-electron chi connectivity index (χ0n) is 10.9. The van der Waals surface area contributed by atoms with E-state index in [9.17, 15) is 9.50 Å². The lowest BCUT2D eigenvalue weighted by molar-refractivity contribution is 0.268. The molecule has 5 heteroatoms. The zero-order chi connectivity index (χ0) is 14.5. The van der Waals surface area contributed by atoms with E-state index >= 15 is 0 Å². The Labute approximate surface area is 121 Å². The number of rotatable bonds is 5. The molecule has 2 rings (SSSR count). The van der Waals surface area contributed by atoms with Crippen LogP contribution in [0.1, 0.15) is 11.1 Å². The van der Waals surface area contributed by atoms with Crippen molar-refractivity contribution >= 4 is 11.6 Å². The molecular formula is C15H14ClFO3. The molecule has 0 spiro atoms. The van der Waals surface area contributed by atoms with E-state index in [1.165, 1.54) is 12.1 Å². The molecule has 0 aliphatic carbocycles. The van der Waals surface area contributed by atoms with Crippen LogP contribution in [0.25, 0.3) is 0 Å². The fourth-order valence-corrected chi connectivity index (χ4v) is 2.07. The number of aliphatic hydroxyl groups is 1. The Balaban J connectivity index is 2.13. The number of ether oxygens (including phenoxy) is 2. The lowest BCUT2D eigenvalue weighted by atomic mass is 10.1. The van der Waals surface area contributed by atoms with Crippen molar-refractivity contribution in [3.8, 4) is 11.5 Å². The van der Waals surface area contributed by atoms with Crippen LogP contribution in [0.4, 0.5) is 4.39 Å². The molecular weight excluding hydrogens is 283 g/mol. The summed E-state index contributed by atoms with van der Waals surface area (Å²) in [7, 11) is 1.58. The van der Waals surface area contributed by atoms with Gasteiger partial charge in [0.15, 0.2) is 0 Å². The minimum absolute atomic E-state index is 0.154. The van der Waals surface area contributed by atoms with Gasteiger partial charge in [-0.2, -0.15) is 0 Å². The fourth-order valence-electron chi connectivity index (χ4n) is 1.79. The summed E-state index contributed by atoms with van der Waals surface area (Å²) in [4.78, 5) is 0. The van der Waals surface area contributed by atoms with E-state index in [4.69, 9.17) is 21.1 Å². The number of halogens is 2. The highest BCUT2D eigenvalue weighted by atomic mass is 35.5. The Hall–Kier alpha value is -1.78. The first-order valence-electron chi connectivity index (χ1n) is 5.98. The van der Waals surface area contributed by atoms with Gasteiger partial charge in [-0.25, -0.2) is 4.39 Å².